The molecule has 4 nitrogen and oxygen atoms in total. The van der Waals surface area contributed by atoms with Gasteiger partial charge >= 0.3 is 0 Å². The lowest BCUT2D eigenvalue weighted by Gasteiger charge is -2.20. The quantitative estimate of drug-likeness (QED) is 0.800. The van der Waals surface area contributed by atoms with E-state index in [9.17, 15) is 5.11 Å². The molecule has 1 atom stereocenters. The number of rotatable bonds is 3. The summed E-state index contributed by atoms with van der Waals surface area (Å²) in [5.41, 5.74) is 0.535. The van der Waals surface area contributed by atoms with E-state index in [1.807, 2.05) is 0 Å². The molecule has 0 amide bonds. The predicted octanol–water partition coefficient (Wildman–Crippen LogP) is 3.75. The molecule has 1 N–H and O–H groups in total. The van der Waals surface area contributed by atoms with E-state index in [0.717, 1.165) is 5.75 Å². The van der Waals surface area contributed by atoms with Gasteiger partial charge in [-0.3, -0.25) is 0 Å². The summed E-state index contributed by atoms with van der Waals surface area (Å²) in [5.74, 6) is 0.948. The zero-order valence-electron chi connectivity index (χ0n) is 11.6. The third-order valence-electron chi connectivity index (χ3n) is 3.42. The zero-order valence-corrected chi connectivity index (χ0v) is 12.4. The van der Waals surface area contributed by atoms with E-state index < -0.39 is 5.60 Å². The van der Waals surface area contributed by atoms with Crippen LogP contribution in [0, 0.1) is 0 Å². The van der Waals surface area contributed by atoms with Crippen LogP contribution in [0.1, 0.15) is 18.4 Å². The smallest absolute Gasteiger partial charge is 0.231 e. The van der Waals surface area contributed by atoms with Gasteiger partial charge in [0, 0.05) is 5.02 Å². The molecule has 0 saturated carbocycles. The maximum absolute atomic E-state index is 10.8. The molecule has 3 aromatic rings. The molecule has 5 heteroatoms. The minimum Gasteiger partial charge on any atom is -0.497 e. The summed E-state index contributed by atoms with van der Waals surface area (Å²) >= 11 is 5.93. The van der Waals surface area contributed by atoms with Gasteiger partial charge in [0.05, 0.1) is 7.11 Å². The summed E-state index contributed by atoms with van der Waals surface area (Å²) in [6, 6.07) is 12.3. The standard InChI is InChI=1S/C16H14ClNO3/c1-16(19,10-3-6-12(20-2)7-4-10)15-18-13-9-11(17)5-8-14(13)21-15/h3-9,19H,1-2H3. The third kappa shape index (κ3) is 2.48. The number of fused-ring (bicyclic) bond motifs is 1. The average molecular weight is 304 g/mol. The first-order chi connectivity index (χ1) is 10.0. The average Bonchev–Trinajstić information content (AvgIpc) is 2.91. The second kappa shape index (κ2) is 5.06. The van der Waals surface area contributed by atoms with Crippen molar-refractivity contribution in [2.24, 2.45) is 0 Å². The van der Waals surface area contributed by atoms with Crippen molar-refractivity contribution in [3.05, 3.63) is 58.9 Å². The second-order valence-corrected chi connectivity index (χ2v) is 5.37. The van der Waals surface area contributed by atoms with E-state index >= 15 is 0 Å². The molecule has 0 radical (unpaired) electrons. The number of hydrogen-bond donors (Lipinski definition) is 1. The van der Waals surface area contributed by atoms with Crippen molar-refractivity contribution in [3.8, 4) is 5.75 Å². The lowest BCUT2D eigenvalue weighted by molar-refractivity contribution is 0.0726. The summed E-state index contributed by atoms with van der Waals surface area (Å²) in [6.07, 6.45) is 0. The van der Waals surface area contributed by atoms with Crippen LogP contribution in [0.15, 0.2) is 46.9 Å². The fourth-order valence-electron chi connectivity index (χ4n) is 2.15. The highest BCUT2D eigenvalue weighted by Gasteiger charge is 2.31. The van der Waals surface area contributed by atoms with Crippen molar-refractivity contribution in [1.29, 1.82) is 0 Å². The van der Waals surface area contributed by atoms with Crippen LogP contribution in [-0.4, -0.2) is 17.2 Å². The van der Waals surface area contributed by atoms with Crippen molar-refractivity contribution in [2.45, 2.75) is 12.5 Å². The van der Waals surface area contributed by atoms with Crippen molar-refractivity contribution >= 4 is 22.7 Å². The Labute approximate surface area is 126 Å². The first kappa shape index (κ1) is 13.9. The predicted molar refractivity (Wildman–Crippen MR) is 80.7 cm³/mol. The van der Waals surface area contributed by atoms with Gasteiger partial charge in [-0.25, -0.2) is 4.98 Å². The first-order valence-corrected chi connectivity index (χ1v) is 6.82. The molecule has 3 rings (SSSR count). The lowest BCUT2D eigenvalue weighted by Crippen LogP contribution is -2.23. The van der Waals surface area contributed by atoms with Gasteiger partial charge in [0.2, 0.25) is 5.89 Å². The Morgan fingerprint density at radius 2 is 1.90 bits per heavy atom. The summed E-state index contributed by atoms with van der Waals surface area (Å²) in [4.78, 5) is 4.33. The first-order valence-electron chi connectivity index (χ1n) is 6.44. The van der Waals surface area contributed by atoms with E-state index in [1.54, 1.807) is 56.5 Å². The number of aliphatic hydroxyl groups is 1. The number of methoxy groups -OCH3 is 1. The number of benzene rings is 2. The highest BCUT2D eigenvalue weighted by Crippen LogP contribution is 2.32. The number of oxazole rings is 1. The Bertz CT molecular complexity index is 778. The van der Waals surface area contributed by atoms with Gasteiger partial charge < -0.3 is 14.3 Å². The fourth-order valence-corrected chi connectivity index (χ4v) is 2.31. The zero-order chi connectivity index (χ0) is 15.0. The van der Waals surface area contributed by atoms with Gasteiger partial charge in [0.15, 0.2) is 11.2 Å². The Morgan fingerprint density at radius 1 is 1.19 bits per heavy atom. The Hall–Kier alpha value is -2.04. The van der Waals surface area contributed by atoms with Gasteiger partial charge in [-0.1, -0.05) is 23.7 Å². The van der Waals surface area contributed by atoms with E-state index in [0.29, 0.717) is 21.7 Å². The molecule has 2 aromatic carbocycles. The summed E-state index contributed by atoms with van der Waals surface area (Å²) in [6.45, 7) is 1.64. The summed E-state index contributed by atoms with van der Waals surface area (Å²) in [7, 11) is 1.59. The molecule has 21 heavy (non-hydrogen) atoms. The van der Waals surface area contributed by atoms with Crippen LogP contribution >= 0.6 is 11.6 Å². The number of aromatic nitrogens is 1. The molecule has 0 saturated heterocycles. The summed E-state index contributed by atoms with van der Waals surface area (Å²) < 4.78 is 10.8. The molecule has 0 bridgehead atoms. The highest BCUT2D eigenvalue weighted by molar-refractivity contribution is 6.31. The van der Waals surface area contributed by atoms with Gasteiger partial charge in [-0.05, 0) is 42.8 Å². The van der Waals surface area contributed by atoms with Gasteiger partial charge in [0.25, 0.3) is 0 Å². The van der Waals surface area contributed by atoms with Crippen molar-refractivity contribution in [1.82, 2.24) is 4.98 Å². The van der Waals surface area contributed by atoms with Crippen molar-refractivity contribution in [2.75, 3.05) is 7.11 Å². The van der Waals surface area contributed by atoms with Crippen LogP contribution in [0.3, 0.4) is 0 Å². The van der Waals surface area contributed by atoms with Crippen molar-refractivity contribution in [3.63, 3.8) is 0 Å². The molecule has 0 aliphatic rings. The largest absolute Gasteiger partial charge is 0.497 e. The number of hydrogen-bond acceptors (Lipinski definition) is 4. The van der Waals surface area contributed by atoms with E-state index in [-0.39, 0.29) is 5.89 Å². The van der Waals surface area contributed by atoms with Crippen LogP contribution < -0.4 is 4.74 Å². The molecule has 108 valence electrons. The van der Waals surface area contributed by atoms with Gasteiger partial charge in [-0.15, -0.1) is 0 Å². The number of halogens is 1. The molecule has 0 fully saturated rings. The second-order valence-electron chi connectivity index (χ2n) is 4.93. The third-order valence-corrected chi connectivity index (χ3v) is 3.65. The van der Waals surface area contributed by atoms with Gasteiger partial charge in [0.1, 0.15) is 11.3 Å². The highest BCUT2D eigenvalue weighted by atomic mass is 35.5. The molecular formula is C16H14ClNO3. The van der Waals surface area contributed by atoms with Crippen LogP contribution in [0.4, 0.5) is 0 Å². The van der Waals surface area contributed by atoms with Crippen LogP contribution in [0.2, 0.25) is 5.02 Å². The minimum absolute atomic E-state index is 0.227. The SMILES string of the molecule is COc1ccc(C(C)(O)c2nc3cc(Cl)ccc3o2)cc1. The molecule has 0 spiro atoms. The molecule has 1 aromatic heterocycles. The molecule has 1 heterocycles. The van der Waals surface area contributed by atoms with Crippen LogP contribution in [-0.2, 0) is 5.60 Å². The van der Waals surface area contributed by atoms with Crippen LogP contribution in [0.25, 0.3) is 11.1 Å². The fraction of sp³-hybridized carbons (Fsp3) is 0.188. The molecule has 1 unspecified atom stereocenters. The molecule has 0 aliphatic heterocycles. The Balaban J connectivity index is 2.05. The minimum atomic E-state index is -1.34. The van der Waals surface area contributed by atoms with E-state index in [1.165, 1.54) is 0 Å². The Morgan fingerprint density at radius 3 is 2.57 bits per heavy atom. The van der Waals surface area contributed by atoms with E-state index in [2.05, 4.69) is 4.98 Å². The molecular weight excluding hydrogens is 290 g/mol. The summed E-state index contributed by atoms with van der Waals surface area (Å²) in [5, 5.41) is 11.3. The number of ether oxygens (including phenoxy) is 1. The lowest BCUT2D eigenvalue weighted by atomic mass is 9.96. The molecule has 0 aliphatic carbocycles. The van der Waals surface area contributed by atoms with Crippen LogP contribution in [0.5, 0.6) is 5.75 Å². The Kier molecular flexibility index (Phi) is 3.35. The van der Waals surface area contributed by atoms with E-state index in [4.69, 9.17) is 20.8 Å². The maximum Gasteiger partial charge on any atom is 0.231 e. The normalized spacial score (nSPS) is 14.1. The topological polar surface area (TPSA) is 55.5 Å². The monoisotopic (exact) mass is 303 g/mol. The van der Waals surface area contributed by atoms with Gasteiger partial charge in [-0.2, -0.15) is 0 Å². The number of nitrogens with zero attached hydrogens (tertiary/aromatic N) is 1. The maximum atomic E-state index is 10.8. The van der Waals surface area contributed by atoms with Crippen molar-refractivity contribution < 1.29 is 14.3 Å².